The maximum Gasteiger partial charge on any atom is 0.150 e. The van der Waals surface area contributed by atoms with Crippen molar-refractivity contribution in [1.29, 1.82) is 0 Å². The molecular formula is C19H27FN4S. The van der Waals surface area contributed by atoms with E-state index in [-0.39, 0.29) is 6.04 Å². The number of halogens is 1. The fourth-order valence-electron chi connectivity index (χ4n) is 4.13. The van der Waals surface area contributed by atoms with Gasteiger partial charge < -0.3 is 10.6 Å². The number of hydrogen-bond donors (Lipinski definition) is 1. The van der Waals surface area contributed by atoms with E-state index in [0.717, 1.165) is 57.8 Å². The molecular weight excluding hydrogens is 335 g/mol. The third-order valence-electron chi connectivity index (χ3n) is 5.82. The van der Waals surface area contributed by atoms with Crippen LogP contribution in [0.1, 0.15) is 25.7 Å². The van der Waals surface area contributed by atoms with E-state index < -0.39 is 6.17 Å². The molecule has 1 aromatic carbocycles. The second-order valence-electron chi connectivity index (χ2n) is 7.48. The number of hydrogen-bond acceptors (Lipinski definition) is 5. The summed E-state index contributed by atoms with van der Waals surface area (Å²) < 4.78 is 19.7. The molecule has 2 fully saturated rings. The predicted octanol–water partition coefficient (Wildman–Crippen LogP) is 3.27. The minimum atomic E-state index is -0.798. The average molecular weight is 363 g/mol. The molecule has 6 heteroatoms. The third-order valence-corrected chi connectivity index (χ3v) is 6.63. The fourth-order valence-corrected chi connectivity index (χ4v) is 4.93. The minimum Gasteiger partial charge on any atom is -0.353 e. The normalized spacial score (nSPS) is 28.6. The van der Waals surface area contributed by atoms with Crippen molar-refractivity contribution in [2.24, 2.45) is 11.7 Å². The summed E-state index contributed by atoms with van der Waals surface area (Å²) in [6.45, 7) is 5.26. The second-order valence-corrected chi connectivity index (χ2v) is 8.28. The lowest BCUT2D eigenvalue weighted by molar-refractivity contribution is 0.150. The number of anilines is 1. The Bertz CT molecular complexity index is 698. The van der Waals surface area contributed by atoms with E-state index in [1.54, 1.807) is 11.5 Å². The van der Waals surface area contributed by atoms with Gasteiger partial charge in [0.15, 0.2) is 0 Å². The highest BCUT2D eigenvalue weighted by molar-refractivity contribution is 7.13. The van der Waals surface area contributed by atoms with Crippen LogP contribution in [0, 0.1) is 5.92 Å². The molecule has 3 atom stereocenters. The highest BCUT2D eigenvalue weighted by atomic mass is 32.1. The molecule has 0 radical (unpaired) electrons. The van der Waals surface area contributed by atoms with Gasteiger partial charge in [-0.15, -0.1) is 0 Å². The van der Waals surface area contributed by atoms with Gasteiger partial charge in [-0.05, 0) is 61.8 Å². The Morgan fingerprint density at radius 1 is 1.16 bits per heavy atom. The molecule has 3 unspecified atom stereocenters. The molecule has 1 aromatic heterocycles. The third kappa shape index (κ3) is 3.81. The van der Waals surface area contributed by atoms with E-state index in [0.29, 0.717) is 12.3 Å². The molecule has 0 spiro atoms. The van der Waals surface area contributed by atoms with Gasteiger partial charge in [0.1, 0.15) is 12.0 Å². The highest BCUT2D eigenvalue weighted by Crippen LogP contribution is 2.31. The number of fused-ring (bicyclic) bond motifs is 1. The first kappa shape index (κ1) is 17.2. The van der Waals surface area contributed by atoms with Crippen LogP contribution in [0.5, 0.6) is 0 Å². The van der Waals surface area contributed by atoms with Gasteiger partial charge in [0.05, 0.1) is 4.70 Å². The van der Waals surface area contributed by atoms with Gasteiger partial charge in [-0.25, -0.2) is 4.39 Å². The Morgan fingerprint density at radius 2 is 1.96 bits per heavy atom. The summed E-state index contributed by atoms with van der Waals surface area (Å²) in [7, 11) is 0. The molecule has 1 saturated heterocycles. The number of benzene rings is 1. The topological polar surface area (TPSA) is 45.4 Å². The van der Waals surface area contributed by atoms with Crippen LogP contribution in [0.25, 0.3) is 10.1 Å². The first-order valence-corrected chi connectivity index (χ1v) is 10.2. The maximum atomic E-state index is 13.8. The first-order valence-electron chi connectivity index (χ1n) is 9.42. The number of piperazine rings is 1. The zero-order valence-electron chi connectivity index (χ0n) is 14.6. The van der Waals surface area contributed by atoms with E-state index in [4.69, 9.17) is 5.73 Å². The monoisotopic (exact) mass is 362 g/mol. The summed E-state index contributed by atoms with van der Waals surface area (Å²) in [5, 5.41) is 1.27. The largest absolute Gasteiger partial charge is 0.353 e. The van der Waals surface area contributed by atoms with E-state index >= 15 is 0 Å². The molecule has 136 valence electrons. The fraction of sp³-hybridized carbons (Fsp3) is 0.632. The Hall–Kier alpha value is -1.24. The summed E-state index contributed by atoms with van der Waals surface area (Å²) >= 11 is 1.59. The lowest BCUT2D eigenvalue weighted by Crippen LogP contribution is -2.47. The molecule has 2 heterocycles. The van der Waals surface area contributed by atoms with Gasteiger partial charge in [0.2, 0.25) is 0 Å². The molecule has 4 rings (SSSR count). The maximum absolute atomic E-state index is 13.8. The lowest BCUT2D eigenvalue weighted by atomic mass is 9.83. The Balaban J connectivity index is 1.27. The molecule has 2 aliphatic rings. The molecule has 25 heavy (non-hydrogen) atoms. The number of alkyl halides is 1. The van der Waals surface area contributed by atoms with Crippen molar-refractivity contribution in [3.63, 3.8) is 0 Å². The number of nitrogens with zero attached hydrogens (tertiary/aromatic N) is 3. The summed E-state index contributed by atoms with van der Waals surface area (Å²) in [5.74, 6) is 1.65. The van der Waals surface area contributed by atoms with Crippen LogP contribution in [0.2, 0.25) is 0 Å². The SMILES string of the molecule is NC1CCC(CCN2CCN(c3nsc4ccccc34)CC2)CC1F. The highest BCUT2D eigenvalue weighted by Gasteiger charge is 2.28. The van der Waals surface area contributed by atoms with Crippen molar-refractivity contribution in [2.45, 2.75) is 37.9 Å². The van der Waals surface area contributed by atoms with Crippen molar-refractivity contribution < 1.29 is 4.39 Å². The van der Waals surface area contributed by atoms with Gasteiger partial charge in [-0.1, -0.05) is 12.1 Å². The zero-order valence-corrected chi connectivity index (χ0v) is 15.4. The van der Waals surface area contributed by atoms with Crippen LogP contribution >= 0.6 is 11.5 Å². The first-order chi connectivity index (χ1) is 12.2. The molecule has 1 aliphatic carbocycles. The van der Waals surface area contributed by atoms with Crippen molar-refractivity contribution in [3.05, 3.63) is 24.3 Å². The molecule has 0 bridgehead atoms. The quantitative estimate of drug-likeness (QED) is 0.907. The van der Waals surface area contributed by atoms with Gasteiger partial charge in [-0.3, -0.25) is 4.90 Å². The number of nitrogens with two attached hydrogens (primary N) is 1. The van der Waals surface area contributed by atoms with Gasteiger partial charge in [0, 0.05) is 37.6 Å². The molecule has 2 N–H and O–H groups in total. The Kier molecular flexibility index (Phi) is 5.20. The smallest absolute Gasteiger partial charge is 0.150 e. The minimum absolute atomic E-state index is 0.229. The number of rotatable bonds is 4. The van der Waals surface area contributed by atoms with Gasteiger partial charge >= 0.3 is 0 Å². The number of aromatic nitrogens is 1. The van der Waals surface area contributed by atoms with Crippen LogP contribution in [-0.2, 0) is 0 Å². The summed E-state index contributed by atoms with van der Waals surface area (Å²) in [6.07, 6.45) is 2.90. The van der Waals surface area contributed by atoms with Gasteiger partial charge in [0.25, 0.3) is 0 Å². The summed E-state index contributed by atoms with van der Waals surface area (Å²) in [4.78, 5) is 4.93. The van der Waals surface area contributed by atoms with Crippen LogP contribution in [0.15, 0.2) is 24.3 Å². The van der Waals surface area contributed by atoms with E-state index in [2.05, 4.69) is 38.4 Å². The van der Waals surface area contributed by atoms with Crippen molar-refractivity contribution in [1.82, 2.24) is 9.27 Å². The Labute approximate surface area is 153 Å². The molecule has 4 nitrogen and oxygen atoms in total. The molecule has 0 amide bonds. The molecule has 1 saturated carbocycles. The average Bonchev–Trinajstić information content (AvgIpc) is 3.07. The van der Waals surface area contributed by atoms with Crippen molar-refractivity contribution in [2.75, 3.05) is 37.6 Å². The van der Waals surface area contributed by atoms with Crippen molar-refractivity contribution >= 4 is 27.4 Å². The van der Waals surface area contributed by atoms with E-state index in [9.17, 15) is 4.39 Å². The predicted molar refractivity (Wildman–Crippen MR) is 103 cm³/mol. The van der Waals surface area contributed by atoms with Gasteiger partial charge in [-0.2, -0.15) is 4.37 Å². The van der Waals surface area contributed by atoms with E-state index in [1.807, 2.05) is 0 Å². The van der Waals surface area contributed by atoms with Crippen LogP contribution < -0.4 is 10.6 Å². The van der Waals surface area contributed by atoms with Crippen LogP contribution in [0.3, 0.4) is 0 Å². The zero-order chi connectivity index (χ0) is 17.2. The summed E-state index contributed by atoms with van der Waals surface area (Å²) in [6, 6.07) is 8.24. The summed E-state index contributed by atoms with van der Waals surface area (Å²) in [5.41, 5.74) is 5.78. The second kappa shape index (κ2) is 7.56. The molecule has 1 aliphatic heterocycles. The lowest BCUT2D eigenvalue weighted by Gasteiger charge is -2.36. The van der Waals surface area contributed by atoms with E-state index in [1.165, 1.54) is 10.1 Å². The Morgan fingerprint density at radius 3 is 2.76 bits per heavy atom. The van der Waals surface area contributed by atoms with Crippen molar-refractivity contribution in [3.8, 4) is 0 Å². The van der Waals surface area contributed by atoms with Crippen LogP contribution in [-0.4, -0.2) is 54.2 Å². The standard InChI is InChI=1S/C19H27FN4S/c20-16-13-14(5-6-17(16)21)7-8-23-9-11-24(12-10-23)19-15-3-1-2-4-18(15)25-22-19/h1-4,14,16-17H,5-13,21H2. The van der Waals surface area contributed by atoms with Crippen LogP contribution in [0.4, 0.5) is 10.2 Å². The molecule has 2 aromatic rings.